The van der Waals surface area contributed by atoms with Gasteiger partial charge in [0, 0.05) is 32.4 Å². The van der Waals surface area contributed by atoms with Crippen molar-refractivity contribution in [2.45, 2.75) is 33.9 Å². The number of halogens is 1. The van der Waals surface area contributed by atoms with Gasteiger partial charge in [-0.2, -0.15) is 0 Å². The number of nitrogens with one attached hydrogen (secondary N) is 2. The minimum Gasteiger partial charge on any atom is -0.444 e. The van der Waals surface area contributed by atoms with Crippen LogP contribution in [0.1, 0.15) is 29.8 Å². The van der Waals surface area contributed by atoms with E-state index < -0.39 is 0 Å². The number of aliphatic imine (C=N–C) groups is 1. The average Bonchev–Trinajstić information content (AvgIpc) is 2.88. The third kappa shape index (κ3) is 6.18. The molecule has 0 bridgehead atoms. The molecule has 2 heterocycles. The van der Waals surface area contributed by atoms with Gasteiger partial charge in [-0.1, -0.05) is 6.07 Å². The van der Waals surface area contributed by atoms with Crippen molar-refractivity contribution in [3.05, 3.63) is 41.2 Å². The standard InChI is InChI=1S/C17H26N6O.HI/c1-6-18-17(21-11-15-22-12(2)13(3)24-15)20-10-14-8-7-9-19-16(14)23(4)5;/h7-9H,6,10-11H2,1-5H3,(H2,18,20,21);1H. The summed E-state index contributed by atoms with van der Waals surface area (Å²) in [4.78, 5) is 15.4. The highest BCUT2D eigenvalue weighted by Crippen LogP contribution is 2.15. The predicted molar refractivity (Wildman–Crippen MR) is 112 cm³/mol. The summed E-state index contributed by atoms with van der Waals surface area (Å²) in [6.07, 6.45) is 1.79. The Hall–Kier alpha value is -1.84. The van der Waals surface area contributed by atoms with Gasteiger partial charge in [-0.3, -0.25) is 0 Å². The molecule has 7 nitrogen and oxygen atoms in total. The van der Waals surface area contributed by atoms with Gasteiger partial charge in [0.2, 0.25) is 5.89 Å². The summed E-state index contributed by atoms with van der Waals surface area (Å²) >= 11 is 0. The number of hydrogen-bond acceptors (Lipinski definition) is 5. The van der Waals surface area contributed by atoms with Gasteiger partial charge in [0.25, 0.3) is 0 Å². The molecule has 0 atom stereocenters. The Bertz CT molecular complexity index is 679. The molecule has 0 spiro atoms. The lowest BCUT2D eigenvalue weighted by atomic mass is 10.2. The summed E-state index contributed by atoms with van der Waals surface area (Å²) in [6, 6.07) is 3.97. The highest BCUT2D eigenvalue weighted by molar-refractivity contribution is 14.0. The zero-order valence-corrected chi connectivity index (χ0v) is 17.8. The molecule has 0 aromatic carbocycles. The maximum Gasteiger partial charge on any atom is 0.214 e. The lowest BCUT2D eigenvalue weighted by Crippen LogP contribution is -2.36. The van der Waals surface area contributed by atoms with E-state index in [0.717, 1.165) is 35.3 Å². The number of guanidine groups is 1. The first-order valence-corrected chi connectivity index (χ1v) is 8.07. The van der Waals surface area contributed by atoms with Gasteiger partial charge in [0.15, 0.2) is 5.96 Å². The van der Waals surface area contributed by atoms with Gasteiger partial charge in [-0.25, -0.2) is 15.0 Å². The van der Waals surface area contributed by atoms with Crippen molar-refractivity contribution < 1.29 is 4.42 Å². The minimum absolute atomic E-state index is 0. The Morgan fingerprint density at radius 2 is 2.04 bits per heavy atom. The Labute approximate surface area is 166 Å². The van der Waals surface area contributed by atoms with Crippen LogP contribution in [0.25, 0.3) is 0 Å². The molecule has 0 saturated heterocycles. The molecule has 0 aliphatic carbocycles. The number of hydrogen-bond donors (Lipinski definition) is 2. The maximum absolute atomic E-state index is 5.58. The van der Waals surface area contributed by atoms with Crippen molar-refractivity contribution in [3.63, 3.8) is 0 Å². The van der Waals surface area contributed by atoms with Crippen molar-refractivity contribution in [3.8, 4) is 0 Å². The van der Waals surface area contributed by atoms with Crippen LogP contribution in [0, 0.1) is 13.8 Å². The van der Waals surface area contributed by atoms with E-state index in [-0.39, 0.29) is 24.0 Å². The number of aryl methyl sites for hydroxylation is 2. The maximum atomic E-state index is 5.58. The molecular weight excluding hydrogens is 431 g/mol. The molecule has 0 aliphatic heterocycles. The Kier molecular flexibility index (Phi) is 8.67. The molecule has 0 amide bonds. The van der Waals surface area contributed by atoms with Crippen LogP contribution in [0.3, 0.4) is 0 Å². The van der Waals surface area contributed by atoms with Gasteiger partial charge in [-0.05, 0) is 26.8 Å². The van der Waals surface area contributed by atoms with E-state index in [2.05, 4.69) is 25.6 Å². The smallest absolute Gasteiger partial charge is 0.214 e. The molecule has 0 aliphatic rings. The average molecular weight is 458 g/mol. The molecule has 0 fully saturated rings. The quantitative estimate of drug-likeness (QED) is 0.394. The number of anilines is 1. The van der Waals surface area contributed by atoms with E-state index in [0.29, 0.717) is 19.0 Å². The van der Waals surface area contributed by atoms with Gasteiger partial charge in [0.05, 0.1) is 18.8 Å². The topological polar surface area (TPSA) is 78.6 Å². The number of oxazole rings is 1. The van der Waals surface area contributed by atoms with E-state index in [1.165, 1.54) is 0 Å². The second-order valence-electron chi connectivity index (χ2n) is 5.68. The summed E-state index contributed by atoms with van der Waals surface area (Å²) in [6.45, 7) is 7.70. The fraction of sp³-hybridized carbons (Fsp3) is 0.471. The molecule has 2 aromatic heterocycles. The summed E-state index contributed by atoms with van der Waals surface area (Å²) in [7, 11) is 3.96. The van der Waals surface area contributed by atoms with Crippen molar-refractivity contribution in [1.82, 2.24) is 20.6 Å². The largest absolute Gasteiger partial charge is 0.444 e. The van der Waals surface area contributed by atoms with Crippen LogP contribution in [0.4, 0.5) is 5.82 Å². The van der Waals surface area contributed by atoms with Crippen LogP contribution < -0.4 is 15.5 Å². The minimum atomic E-state index is 0. The predicted octanol–water partition coefficient (Wildman–Crippen LogP) is 2.63. The van der Waals surface area contributed by atoms with Crippen LogP contribution in [0.15, 0.2) is 27.7 Å². The molecule has 138 valence electrons. The number of rotatable bonds is 6. The van der Waals surface area contributed by atoms with Crippen LogP contribution in [0.5, 0.6) is 0 Å². The molecular formula is C17H27IN6O. The van der Waals surface area contributed by atoms with E-state index in [1.807, 2.05) is 51.9 Å². The molecule has 2 rings (SSSR count). The first-order valence-electron chi connectivity index (χ1n) is 8.07. The van der Waals surface area contributed by atoms with Crippen LogP contribution in [-0.4, -0.2) is 36.6 Å². The Balaban J connectivity index is 0.00000312. The number of aromatic nitrogens is 2. The molecule has 8 heteroatoms. The number of pyridine rings is 1. The second kappa shape index (κ2) is 10.2. The lowest BCUT2D eigenvalue weighted by Gasteiger charge is -2.15. The Morgan fingerprint density at radius 3 is 2.64 bits per heavy atom. The van der Waals surface area contributed by atoms with Crippen molar-refractivity contribution >= 4 is 35.8 Å². The monoisotopic (exact) mass is 458 g/mol. The third-order valence-corrected chi connectivity index (χ3v) is 3.52. The van der Waals surface area contributed by atoms with Crippen molar-refractivity contribution in [1.29, 1.82) is 0 Å². The van der Waals surface area contributed by atoms with Gasteiger partial charge in [0.1, 0.15) is 11.6 Å². The summed E-state index contributed by atoms with van der Waals surface area (Å²) < 4.78 is 5.58. The lowest BCUT2D eigenvalue weighted by molar-refractivity contribution is 0.463. The van der Waals surface area contributed by atoms with Crippen molar-refractivity contribution in [2.75, 3.05) is 25.5 Å². The molecule has 2 N–H and O–H groups in total. The van der Waals surface area contributed by atoms with Crippen LogP contribution in [0.2, 0.25) is 0 Å². The summed E-state index contributed by atoms with van der Waals surface area (Å²) in [5, 5.41) is 6.47. The second-order valence-corrected chi connectivity index (χ2v) is 5.68. The molecule has 2 aromatic rings. The van der Waals surface area contributed by atoms with Crippen LogP contribution >= 0.6 is 24.0 Å². The summed E-state index contributed by atoms with van der Waals surface area (Å²) in [5.41, 5.74) is 1.99. The molecule has 0 radical (unpaired) electrons. The van der Waals surface area contributed by atoms with E-state index in [9.17, 15) is 0 Å². The number of nitrogens with zero attached hydrogens (tertiary/aromatic N) is 4. The normalized spacial score (nSPS) is 11.0. The van der Waals surface area contributed by atoms with Crippen LogP contribution in [-0.2, 0) is 13.1 Å². The van der Waals surface area contributed by atoms with Gasteiger partial charge in [-0.15, -0.1) is 24.0 Å². The molecule has 0 saturated carbocycles. The van der Waals surface area contributed by atoms with Gasteiger partial charge < -0.3 is 20.0 Å². The van der Waals surface area contributed by atoms with E-state index in [4.69, 9.17) is 4.42 Å². The van der Waals surface area contributed by atoms with Crippen molar-refractivity contribution in [2.24, 2.45) is 4.99 Å². The fourth-order valence-corrected chi connectivity index (χ4v) is 2.24. The third-order valence-electron chi connectivity index (χ3n) is 3.52. The van der Waals surface area contributed by atoms with Gasteiger partial charge >= 0.3 is 0 Å². The first-order chi connectivity index (χ1) is 11.5. The fourth-order valence-electron chi connectivity index (χ4n) is 2.24. The highest BCUT2D eigenvalue weighted by Gasteiger charge is 2.08. The molecule has 25 heavy (non-hydrogen) atoms. The summed E-state index contributed by atoms with van der Waals surface area (Å²) in [5.74, 6) is 3.15. The highest BCUT2D eigenvalue weighted by atomic mass is 127. The zero-order valence-electron chi connectivity index (χ0n) is 15.5. The Morgan fingerprint density at radius 1 is 1.28 bits per heavy atom. The van der Waals surface area contributed by atoms with E-state index >= 15 is 0 Å². The SMILES string of the molecule is CCNC(=NCc1cccnc1N(C)C)NCc1nc(C)c(C)o1.I. The zero-order chi connectivity index (χ0) is 17.5. The van der Waals surface area contributed by atoms with E-state index in [1.54, 1.807) is 6.20 Å². The molecule has 0 unspecified atom stereocenters. The first kappa shape index (κ1) is 21.2.